The van der Waals surface area contributed by atoms with Crippen molar-refractivity contribution in [2.75, 3.05) is 24.6 Å². The summed E-state index contributed by atoms with van der Waals surface area (Å²) in [7, 11) is 0. The quantitative estimate of drug-likeness (QED) is 0.598. The van der Waals surface area contributed by atoms with E-state index in [0.717, 1.165) is 31.4 Å². The molecule has 4 heterocycles. The number of hydrogen-bond acceptors (Lipinski definition) is 5. The minimum atomic E-state index is -0.875. The standard InChI is InChI=1S/C30H37N3O4S/c1-20(19-34)33-25-28(37)32(22-13-7-4-8-14-22)18-10-16-30(25)24(27(33)36)23-26(35)31(21-11-5-3-6-12-21)17-9-15-29(23,2)38-30/h3,5-6,9-12,15-16,20,22-25,34H,4,7-8,13-14,17-19H2,1-2H3/t20-,23-,24+,25?,29+,30+/m1/s1. The second-order valence-electron chi connectivity index (χ2n) is 11.6. The predicted molar refractivity (Wildman–Crippen MR) is 149 cm³/mol. The second kappa shape index (κ2) is 9.56. The van der Waals surface area contributed by atoms with Crippen LogP contribution in [-0.2, 0) is 14.4 Å². The van der Waals surface area contributed by atoms with E-state index in [4.69, 9.17) is 0 Å². The van der Waals surface area contributed by atoms with Crippen LogP contribution in [0.15, 0.2) is 54.6 Å². The maximum Gasteiger partial charge on any atom is 0.247 e. The molecule has 1 aromatic carbocycles. The average Bonchev–Trinajstić information content (AvgIpc) is 3.21. The number of hydrogen-bond donors (Lipinski definition) is 1. The van der Waals surface area contributed by atoms with E-state index >= 15 is 0 Å². The zero-order valence-corrected chi connectivity index (χ0v) is 23.0. The van der Waals surface area contributed by atoms with Crippen LogP contribution in [0.5, 0.6) is 0 Å². The van der Waals surface area contributed by atoms with E-state index in [1.54, 1.807) is 28.5 Å². The molecular weight excluding hydrogens is 498 g/mol. The van der Waals surface area contributed by atoms with Crippen LogP contribution in [0.1, 0.15) is 46.0 Å². The molecule has 6 atom stereocenters. The Kier molecular flexibility index (Phi) is 6.46. The molecule has 0 radical (unpaired) electrons. The summed E-state index contributed by atoms with van der Waals surface area (Å²) < 4.78 is -1.52. The molecule has 8 heteroatoms. The summed E-state index contributed by atoms with van der Waals surface area (Å²) in [5.74, 6) is -1.64. The van der Waals surface area contributed by atoms with Gasteiger partial charge in [-0.05, 0) is 38.8 Å². The van der Waals surface area contributed by atoms with Gasteiger partial charge in [0.05, 0.1) is 29.2 Å². The molecular formula is C30H37N3O4S. The van der Waals surface area contributed by atoms with Crippen molar-refractivity contribution in [2.24, 2.45) is 11.8 Å². The van der Waals surface area contributed by atoms with Crippen molar-refractivity contribution in [1.29, 1.82) is 0 Å². The monoisotopic (exact) mass is 535 g/mol. The fourth-order valence-electron chi connectivity index (χ4n) is 7.60. The number of benzene rings is 1. The van der Waals surface area contributed by atoms with Crippen molar-refractivity contribution >= 4 is 35.2 Å². The molecule has 2 saturated heterocycles. The van der Waals surface area contributed by atoms with Crippen LogP contribution in [0.4, 0.5) is 5.69 Å². The molecule has 1 saturated carbocycles. The minimum Gasteiger partial charge on any atom is -0.394 e. The van der Waals surface area contributed by atoms with Gasteiger partial charge in [0.15, 0.2) is 0 Å². The van der Waals surface area contributed by atoms with Gasteiger partial charge in [-0.25, -0.2) is 0 Å². The topological polar surface area (TPSA) is 81.2 Å². The van der Waals surface area contributed by atoms with Crippen LogP contribution in [0.2, 0.25) is 0 Å². The molecule has 3 fully saturated rings. The van der Waals surface area contributed by atoms with Crippen LogP contribution in [0, 0.1) is 11.8 Å². The second-order valence-corrected chi connectivity index (χ2v) is 13.4. The molecule has 1 unspecified atom stereocenters. The predicted octanol–water partition coefficient (Wildman–Crippen LogP) is 3.39. The number of rotatable bonds is 4. The number of anilines is 1. The first-order valence-electron chi connectivity index (χ1n) is 14.0. The van der Waals surface area contributed by atoms with Crippen molar-refractivity contribution in [3.8, 4) is 0 Å². The Morgan fingerprint density at radius 2 is 1.66 bits per heavy atom. The highest BCUT2D eigenvalue weighted by atomic mass is 32.2. The van der Waals surface area contributed by atoms with Gasteiger partial charge in [0.1, 0.15) is 6.04 Å². The van der Waals surface area contributed by atoms with Crippen LogP contribution in [0.3, 0.4) is 0 Å². The normalized spacial score (nSPS) is 36.1. The van der Waals surface area contributed by atoms with Gasteiger partial charge in [0, 0.05) is 29.6 Å². The third kappa shape index (κ3) is 3.70. The molecule has 0 aromatic heterocycles. The Balaban J connectivity index is 1.46. The van der Waals surface area contributed by atoms with Gasteiger partial charge >= 0.3 is 0 Å². The Labute approximate surface area is 228 Å². The van der Waals surface area contributed by atoms with Gasteiger partial charge in [-0.15, -0.1) is 11.8 Å². The molecule has 202 valence electrons. The molecule has 0 bridgehead atoms. The summed E-state index contributed by atoms with van der Waals surface area (Å²) in [4.78, 5) is 48.6. The first-order chi connectivity index (χ1) is 18.3. The number of carbonyl (C=O) groups is 3. The average molecular weight is 536 g/mol. The van der Waals surface area contributed by atoms with Gasteiger partial charge in [0.2, 0.25) is 17.7 Å². The van der Waals surface area contributed by atoms with Gasteiger partial charge < -0.3 is 19.8 Å². The lowest BCUT2D eigenvalue weighted by atomic mass is 9.74. The Morgan fingerprint density at radius 1 is 0.947 bits per heavy atom. The van der Waals surface area contributed by atoms with Gasteiger partial charge in [-0.3, -0.25) is 14.4 Å². The van der Waals surface area contributed by atoms with E-state index in [1.807, 2.05) is 48.2 Å². The Bertz CT molecular complexity index is 1180. The Hall–Kier alpha value is -2.58. The molecule has 1 spiro atoms. The third-order valence-corrected chi connectivity index (χ3v) is 11.1. The number of fused-ring (bicyclic) bond motifs is 2. The van der Waals surface area contributed by atoms with Crippen molar-refractivity contribution in [3.63, 3.8) is 0 Å². The van der Waals surface area contributed by atoms with Crippen molar-refractivity contribution in [2.45, 2.75) is 73.6 Å². The number of amides is 3. The van der Waals surface area contributed by atoms with Gasteiger partial charge in [0.25, 0.3) is 0 Å². The number of thioether (sulfide) groups is 1. The van der Waals surface area contributed by atoms with Crippen LogP contribution < -0.4 is 4.90 Å². The number of aliphatic hydroxyl groups excluding tert-OH is 1. The fraction of sp³-hybridized carbons (Fsp3) is 0.567. The van der Waals surface area contributed by atoms with E-state index in [1.165, 1.54) is 6.42 Å². The van der Waals surface area contributed by atoms with Gasteiger partial charge in [-0.2, -0.15) is 0 Å². The number of nitrogens with zero attached hydrogens (tertiary/aromatic N) is 3. The molecule has 3 amide bonds. The minimum absolute atomic E-state index is 0.0399. The number of para-hydroxylation sites is 1. The molecule has 5 aliphatic rings. The zero-order valence-electron chi connectivity index (χ0n) is 22.2. The first kappa shape index (κ1) is 25.7. The molecule has 4 aliphatic heterocycles. The van der Waals surface area contributed by atoms with E-state index in [2.05, 4.69) is 18.2 Å². The van der Waals surface area contributed by atoms with Crippen LogP contribution >= 0.6 is 11.8 Å². The summed E-state index contributed by atoms with van der Waals surface area (Å²) in [5, 5.41) is 10.2. The summed E-state index contributed by atoms with van der Waals surface area (Å²) in [6.45, 7) is 4.57. The third-order valence-electron chi connectivity index (χ3n) is 9.35. The summed E-state index contributed by atoms with van der Waals surface area (Å²) in [6, 6.07) is 8.48. The largest absolute Gasteiger partial charge is 0.394 e. The number of aliphatic hydroxyl groups is 1. The molecule has 1 N–H and O–H groups in total. The molecule has 1 aliphatic carbocycles. The van der Waals surface area contributed by atoms with E-state index in [-0.39, 0.29) is 30.4 Å². The Morgan fingerprint density at radius 3 is 2.37 bits per heavy atom. The molecule has 38 heavy (non-hydrogen) atoms. The highest BCUT2D eigenvalue weighted by Crippen LogP contribution is 2.66. The van der Waals surface area contributed by atoms with Crippen molar-refractivity contribution < 1.29 is 19.5 Å². The lowest BCUT2D eigenvalue weighted by molar-refractivity contribution is -0.146. The van der Waals surface area contributed by atoms with Gasteiger partial charge in [-0.1, -0.05) is 61.8 Å². The molecule has 1 aromatic rings. The highest BCUT2D eigenvalue weighted by molar-refractivity contribution is 8.02. The van der Waals surface area contributed by atoms with E-state index < -0.39 is 33.4 Å². The summed E-state index contributed by atoms with van der Waals surface area (Å²) in [6.07, 6.45) is 13.6. The fourth-order valence-corrected chi connectivity index (χ4v) is 9.75. The first-order valence-corrected chi connectivity index (χ1v) is 14.8. The maximum atomic E-state index is 14.5. The van der Waals surface area contributed by atoms with Crippen LogP contribution in [0.25, 0.3) is 0 Å². The lowest BCUT2D eigenvalue weighted by Gasteiger charge is -2.41. The highest BCUT2D eigenvalue weighted by Gasteiger charge is 2.74. The van der Waals surface area contributed by atoms with Crippen molar-refractivity contribution in [1.82, 2.24) is 9.80 Å². The zero-order chi connectivity index (χ0) is 26.7. The lowest BCUT2D eigenvalue weighted by Crippen LogP contribution is -2.57. The number of carbonyl (C=O) groups excluding carboxylic acids is 3. The van der Waals surface area contributed by atoms with E-state index in [9.17, 15) is 19.5 Å². The molecule has 7 nitrogen and oxygen atoms in total. The smallest absolute Gasteiger partial charge is 0.247 e. The van der Waals surface area contributed by atoms with Crippen LogP contribution in [-0.4, -0.2) is 79.9 Å². The SMILES string of the molecule is C[C@H](CO)N1C(=O)[C@@H]2[C@@H]3C(=O)N(c4ccccc4)CC=C[C@]3(C)S[C@@]23C=CCN(C2CCCCC2)C(=O)C13. The van der Waals surface area contributed by atoms with E-state index in [0.29, 0.717) is 13.1 Å². The maximum absolute atomic E-state index is 14.5. The number of likely N-dealkylation sites (tertiary alicyclic amines) is 1. The van der Waals surface area contributed by atoms with Crippen molar-refractivity contribution in [3.05, 3.63) is 54.6 Å². The summed E-state index contributed by atoms with van der Waals surface area (Å²) in [5.41, 5.74) is 0.802. The molecule has 6 rings (SSSR count). The summed E-state index contributed by atoms with van der Waals surface area (Å²) >= 11 is 1.60.